The van der Waals surface area contributed by atoms with Crippen LogP contribution in [0.25, 0.3) is 10.9 Å². The summed E-state index contributed by atoms with van der Waals surface area (Å²) in [5.74, 6) is -0.242. The summed E-state index contributed by atoms with van der Waals surface area (Å²) in [4.78, 5) is 40.7. The lowest BCUT2D eigenvalue weighted by Crippen LogP contribution is -2.42. The molecule has 25 heavy (non-hydrogen) atoms. The Morgan fingerprint density at radius 3 is 2.76 bits per heavy atom. The van der Waals surface area contributed by atoms with Gasteiger partial charge in [-0.1, -0.05) is 12.8 Å². The van der Waals surface area contributed by atoms with E-state index in [0.29, 0.717) is 23.0 Å². The molecule has 2 aromatic rings. The quantitative estimate of drug-likeness (QED) is 0.871. The zero-order valence-corrected chi connectivity index (χ0v) is 14.2. The number of aromatic nitrogens is 2. The molecule has 0 bridgehead atoms. The second-order valence-electron chi connectivity index (χ2n) is 6.48. The molecule has 0 saturated carbocycles. The van der Waals surface area contributed by atoms with Crippen LogP contribution < -0.4 is 16.6 Å². The molecule has 0 saturated heterocycles. The summed E-state index contributed by atoms with van der Waals surface area (Å²) in [6.45, 7) is 2.21. The Morgan fingerprint density at radius 1 is 1.24 bits per heavy atom. The third-order valence-electron chi connectivity index (χ3n) is 4.60. The number of carbonyl (C=O) groups excluding carboxylic acids is 2. The van der Waals surface area contributed by atoms with E-state index < -0.39 is 17.9 Å². The third-order valence-corrected chi connectivity index (χ3v) is 4.60. The van der Waals surface area contributed by atoms with E-state index in [1.165, 1.54) is 6.92 Å². The van der Waals surface area contributed by atoms with E-state index in [1.807, 2.05) is 0 Å². The Kier molecular flexibility index (Phi) is 4.83. The second kappa shape index (κ2) is 7.04. The van der Waals surface area contributed by atoms with Gasteiger partial charge in [-0.2, -0.15) is 0 Å². The number of carbonyl (C=O) groups is 2. The summed E-state index contributed by atoms with van der Waals surface area (Å²) < 4.78 is 1.76. The lowest BCUT2D eigenvalue weighted by atomic mass is 10.1. The highest BCUT2D eigenvalue weighted by Gasteiger charge is 2.17. The van der Waals surface area contributed by atoms with Crippen molar-refractivity contribution in [3.05, 3.63) is 39.9 Å². The van der Waals surface area contributed by atoms with Crippen LogP contribution in [-0.4, -0.2) is 27.4 Å². The summed E-state index contributed by atoms with van der Waals surface area (Å²) in [6, 6.07) is 4.03. The number of primary amides is 1. The summed E-state index contributed by atoms with van der Waals surface area (Å²) in [7, 11) is 0. The van der Waals surface area contributed by atoms with Crippen molar-refractivity contribution in [1.29, 1.82) is 0 Å². The molecule has 1 atom stereocenters. The average molecular weight is 342 g/mol. The zero-order valence-electron chi connectivity index (χ0n) is 14.2. The molecule has 3 N–H and O–H groups in total. The van der Waals surface area contributed by atoms with Gasteiger partial charge in [0.25, 0.3) is 11.5 Å². The van der Waals surface area contributed by atoms with Gasteiger partial charge in [-0.05, 0) is 38.0 Å². The van der Waals surface area contributed by atoms with Crippen molar-refractivity contribution in [2.75, 3.05) is 0 Å². The second-order valence-corrected chi connectivity index (χ2v) is 6.48. The lowest BCUT2D eigenvalue weighted by Gasteiger charge is -2.16. The van der Waals surface area contributed by atoms with E-state index in [0.717, 1.165) is 37.9 Å². The summed E-state index contributed by atoms with van der Waals surface area (Å²) in [5, 5.41) is 3.03. The summed E-state index contributed by atoms with van der Waals surface area (Å²) in [5.41, 5.74) is 5.97. The van der Waals surface area contributed by atoms with Crippen molar-refractivity contribution in [3.8, 4) is 0 Å². The van der Waals surface area contributed by atoms with Crippen LogP contribution in [0.4, 0.5) is 0 Å². The number of nitrogens with one attached hydrogen (secondary N) is 1. The van der Waals surface area contributed by atoms with Crippen LogP contribution >= 0.6 is 0 Å². The van der Waals surface area contributed by atoms with Gasteiger partial charge in [-0.15, -0.1) is 0 Å². The molecule has 0 fully saturated rings. The lowest BCUT2D eigenvalue weighted by molar-refractivity contribution is -0.119. The van der Waals surface area contributed by atoms with Gasteiger partial charge < -0.3 is 11.1 Å². The minimum Gasteiger partial charge on any atom is -0.368 e. The molecule has 1 unspecified atom stereocenters. The first-order chi connectivity index (χ1) is 12.0. The van der Waals surface area contributed by atoms with E-state index in [-0.39, 0.29) is 5.56 Å². The normalized spacial score (nSPS) is 15.7. The Labute approximate surface area is 145 Å². The van der Waals surface area contributed by atoms with Crippen LogP contribution in [0.3, 0.4) is 0 Å². The highest BCUT2D eigenvalue weighted by atomic mass is 16.2. The number of hydrogen-bond donors (Lipinski definition) is 2. The molecule has 0 radical (unpaired) electrons. The van der Waals surface area contributed by atoms with Crippen LogP contribution in [0.1, 0.15) is 48.8 Å². The maximum Gasteiger partial charge on any atom is 0.261 e. The van der Waals surface area contributed by atoms with Gasteiger partial charge in [0.15, 0.2) is 0 Å². The molecule has 1 aliphatic heterocycles. The largest absolute Gasteiger partial charge is 0.368 e. The first-order valence-corrected chi connectivity index (χ1v) is 8.61. The molecule has 2 heterocycles. The Morgan fingerprint density at radius 2 is 2.00 bits per heavy atom. The van der Waals surface area contributed by atoms with Crippen molar-refractivity contribution in [1.82, 2.24) is 14.9 Å². The highest BCUT2D eigenvalue weighted by molar-refractivity contribution is 5.99. The predicted molar refractivity (Wildman–Crippen MR) is 94.3 cm³/mol. The molecular formula is C18H22N4O3. The van der Waals surface area contributed by atoms with Crippen molar-refractivity contribution >= 4 is 22.7 Å². The number of aryl methyl sites for hydroxylation is 1. The number of nitrogens with two attached hydrogens (primary N) is 1. The van der Waals surface area contributed by atoms with E-state index in [9.17, 15) is 14.4 Å². The zero-order chi connectivity index (χ0) is 18.0. The number of benzene rings is 1. The van der Waals surface area contributed by atoms with Gasteiger partial charge in [-0.3, -0.25) is 19.0 Å². The van der Waals surface area contributed by atoms with Crippen LogP contribution in [0, 0.1) is 0 Å². The van der Waals surface area contributed by atoms with Crippen molar-refractivity contribution < 1.29 is 9.59 Å². The molecule has 0 aliphatic carbocycles. The summed E-state index contributed by atoms with van der Waals surface area (Å²) in [6.07, 6.45) is 5.02. The van der Waals surface area contributed by atoms with Crippen molar-refractivity contribution in [2.24, 2.45) is 5.73 Å². The summed E-state index contributed by atoms with van der Waals surface area (Å²) >= 11 is 0. The molecule has 132 valence electrons. The number of rotatable bonds is 3. The van der Waals surface area contributed by atoms with E-state index in [2.05, 4.69) is 10.3 Å². The minimum atomic E-state index is -0.766. The predicted octanol–water partition coefficient (Wildman–Crippen LogP) is 1.12. The first kappa shape index (κ1) is 17.1. The van der Waals surface area contributed by atoms with E-state index in [1.54, 1.807) is 22.8 Å². The molecule has 7 nitrogen and oxygen atoms in total. The first-order valence-electron chi connectivity index (χ1n) is 8.61. The minimum absolute atomic E-state index is 0.0561. The van der Waals surface area contributed by atoms with Gasteiger partial charge in [0.2, 0.25) is 5.91 Å². The smallest absolute Gasteiger partial charge is 0.261 e. The Balaban J connectivity index is 2.00. The fraction of sp³-hybridized carbons (Fsp3) is 0.444. The molecule has 7 heteroatoms. The fourth-order valence-electron chi connectivity index (χ4n) is 3.09. The average Bonchev–Trinajstić information content (AvgIpc) is 2.56. The number of hydrogen-bond acceptors (Lipinski definition) is 4. The molecule has 2 amide bonds. The number of fused-ring (bicyclic) bond motifs is 2. The standard InChI is InChI=1S/C18H22N4O3/c1-11(16(19)23)20-17(24)12-7-8-13-14(10-12)21-15-6-4-2-3-5-9-22(15)18(13)25/h7-8,10-11H,2-6,9H2,1H3,(H2,19,23)(H,20,24). The van der Waals surface area contributed by atoms with Gasteiger partial charge in [0.05, 0.1) is 10.9 Å². The number of amides is 2. The van der Waals surface area contributed by atoms with Crippen LogP contribution in [0.5, 0.6) is 0 Å². The highest BCUT2D eigenvalue weighted by Crippen LogP contribution is 2.16. The Bertz CT molecular complexity index is 888. The molecule has 3 rings (SSSR count). The van der Waals surface area contributed by atoms with Gasteiger partial charge in [0, 0.05) is 18.5 Å². The monoisotopic (exact) mass is 342 g/mol. The SMILES string of the molecule is CC(NC(=O)c1ccc2c(=O)n3c(nc2c1)CCCCCC3)C(N)=O. The van der Waals surface area contributed by atoms with Crippen LogP contribution in [0.2, 0.25) is 0 Å². The Hall–Kier alpha value is -2.70. The van der Waals surface area contributed by atoms with Gasteiger partial charge in [0.1, 0.15) is 11.9 Å². The van der Waals surface area contributed by atoms with E-state index >= 15 is 0 Å². The molecule has 1 aromatic heterocycles. The molecular weight excluding hydrogens is 320 g/mol. The molecule has 1 aliphatic rings. The topological polar surface area (TPSA) is 107 Å². The van der Waals surface area contributed by atoms with Gasteiger partial charge in [-0.25, -0.2) is 4.98 Å². The van der Waals surface area contributed by atoms with Crippen molar-refractivity contribution in [3.63, 3.8) is 0 Å². The van der Waals surface area contributed by atoms with Crippen LogP contribution in [-0.2, 0) is 17.8 Å². The van der Waals surface area contributed by atoms with Crippen molar-refractivity contribution in [2.45, 2.75) is 51.6 Å². The van der Waals surface area contributed by atoms with E-state index in [4.69, 9.17) is 5.73 Å². The molecule has 0 spiro atoms. The van der Waals surface area contributed by atoms with Gasteiger partial charge >= 0.3 is 0 Å². The van der Waals surface area contributed by atoms with Crippen LogP contribution in [0.15, 0.2) is 23.0 Å². The fourth-order valence-corrected chi connectivity index (χ4v) is 3.09. The maximum absolute atomic E-state index is 12.7. The maximum atomic E-state index is 12.7. The molecule has 1 aromatic carbocycles. The number of nitrogens with zero attached hydrogens (tertiary/aromatic N) is 2. The third kappa shape index (κ3) is 3.55.